The van der Waals surface area contributed by atoms with Crippen molar-refractivity contribution in [3.05, 3.63) is 29.8 Å². The zero-order valence-corrected chi connectivity index (χ0v) is 16.1. The Labute approximate surface area is 156 Å². The normalized spacial score (nSPS) is 17.2. The molecular formula is C20H30N2O4. The van der Waals surface area contributed by atoms with Gasteiger partial charge in [-0.2, -0.15) is 0 Å². The van der Waals surface area contributed by atoms with E-state index in [4.69, 9.17) is 9.47 Å². The van der Waals surface area contributed by atoms with Gasteiger partial charge >= 0.3 is 5.97 Å². The lowest BCUT2D eigenvalue weighted by atomic mass is 10.0. The first kappa shape index (κ1) is 20.2. The van der Waals surface area contributed by atoms with Gasteiger partial charge in [-0.3, -0.25) is 9.69 Å². The van der Waals surface area contributed by atoms with Gasteiger partial charge in [0.05, 0.1) is 13.2 Å². The van der Waals surface area contributed by atoms with Gasteiger partial charge in [0.15, 0.2) is 0 Å². The summed E-state index contributed by atoms with van der Waals surface area (Å²) in [5.74, 6) is 0.514. The molecule has 6 heteroatoms. The van der Waals surface area contributed by atoms with Gasteiger partial charge in [-0.25, -0.2) is 4.79 Å². The number of carbonyl (C=O) groups excluding carboxylic acids is 2. The van der Waals surface area contributed by atoms with Crippen molar-refractivity contribution in [2.24, 2.45) is 0 Å². The summed E-state index contributed by atoms with van der Waals surface area (Å²) in [4.78, 5) is 28.3. The average Bonchev–Trinajstić information content (AvgIpc) is 2.63. The number of benzene rings is 1. The van der Waals surface area contributed by atoms with E-state index in [-0.39, 0.29) is 18.4 Å². The molecule has 1 amide bonds. The van der Waals surface area contributed by atoms with Crippen LogP contribution in [-0.2, 0) is 14.3 Å². The third kappa shape index (κ3) is 6.02. The minimum atomic E-state index is -0.437. The van der Waals surface area contributed by atoms with Gasteiger partial charge in [-0.15, -0.1) is 0 Å². The molecule has 26 heavy (non-hydrogen) atoms. The molecule has 1 aromatic carbocycles. The molecule has 6 nitrogen and oxygen atoms in total. The Kier molecular flexibility index (Phi) is 7.91. The van der Waals surface area contributed by atoms with Gasteiger partial charge in [-0.1, -0.05) is 17.7 Å². The van der Waals surface area contributed by atoms with E-state index in [1.165, 1.54) is 5.56 Å². The number of nitrogens with zero attached hydrogens (tertiary/aromatic N) is 2. The maximum absolute atomic E-state index is 12.6. The summed E-state index contributed by atoms with van der Waals surface area (Å²) in [5, 5.41) is 0. The summed E-state index contributed by atoms with van der Waals surface area (Å²) in [6.07, 6.45) is 2.57. The van der Waals surface area contributed by atoms with Crippen LogP contribution < -0.4 is 4.74 Å². The van der Waals surface area contributed by atoms with E-state index in [0.717, 1.165) is 18.6 Å². The Hall–Kier alpha value is -2.08. The number of hydrogen-bond acceptors (Lipinski definition) is 5. The van der Waals surface area contributed by atoms with Crippen molar-refractivity contribution >= 4 is 11.9 Å². The van der Waals surface area contributed by atoms with Gasteiger partial charge in [0.2, 0.25) is 5.91 Å². The molecule has 1 atom stereocenters. The summed E-state index contributed by atoms with van der Waals surface area (Å²) in [5.41, 5.74) is 1.19. The molecular weight excluding hydrogens is 332 g/mol. The highest BCUT2D eigenvalue weighted by atomic mass is 16.5. The van der Waals surface area contributed by atoms with E-state index in [0.29, 0.717) is 32.7 Å². The number of esters is 1. The van der Waals surface area contributed by atoms with Crippen molar-refractivity contribution in [3.63, 3.8) is 0 Å². The Balaban J connectivity index is 1.79. The molecule has 1 aliphatic heterocycles. The number of amides is 1. The predicted molar refractivity (Wildman–Crippen MR) is 100 cm³/mol. The van der Waals surface area contributed by atoms with Crippen LogP contribution in [0.5, 0.6) is 5.75 Å². The van der Waals surface area contributed by atoms with E-state index in [1.54, 1.807) is 11.8 Å². The summed E-state index contributed by atoms with van der Waals surface area (Å²) in [6.45, 7) is 6.20. The average molecular weight is 362 g/mol. The molecule has 0 aromatic heterocycles. The SMILES string of the molecule is CCOC(=O)C1CCCCN1C(=O)CN(C)CCOc1ccc(C)cc1. The molecule has 0 aliphatic carbocycles. The summed E-state index contributed by atoms with van der Waals surface area (Å²) in [6, 6.07) is 7.47. The zero-order chi connectivity index (χ0) is 18.9. The Bertz CT molecular complexity index is 588. The molecule has 2 rings (SSSR count). The van der Waals surface area contributed by atoms with Crippen molar-refractivity contribution in [2.75, 3.05) is 39.9 Å². The number of likely N-dealkylation sites (N-methyl/N-ethyl adjacent to an activating group) is 1. The first-order valence-corrected chi connectivity index (χ1v) is 9.35. The number of rotatable bonds is 8. The first-order chi connectivity index (χ1) is 12.5. The van der Waals surface area contributed by atoms with Crippen LogP contribution in [0.25, 0.3) is 0 Å². The molecule has 0 radical (unpaired) electrons. The topological polar surface area (TPSA) is 59.1 Å². The molecule has 144 valence electrons. The highest BCUT2D eigenvalue weighted by Crippen LogP contribution is 2.18. The second-order valence-corrected chi connectivity index (χ2v) is 6.75. The standard InChI is InChI=1S/C20H30N2O4/c1-4-25-20(24)18-7-5-6-12-22(18)19(23)15-21(3)13-14-26-17-10-8-16(2)9-11-17/h8-11,18H,4-7,12-15H2,1-3H3. The molecule has 1 fully saturated rings. The maximum Gasteiger partial charge on any atom is 0.328 e. The lowest BCUT2D eigenvalue weighted by Gasteiger charge is -2.35. The summed E-state index contributed by atoms with van der Waals surface area (Å²) >= 11 is 0. The smallest absolute Gasteiger partial charge is 0.328 e. The van der Waals surface area contributed by atoms with Crippen molar-refractivity contribution in [3.8, 4) is 5.75 Å². The Morgan fingerprint density at radius 1 is 1.23 bits per heavy atom. The van der Waals surface area contributed by atoms with Crippen molar-refractivity contribution in [2.45, 2.75) is 39.2 Å². The Morgan fingerprint density at radius 2 is 1.96 bits per heavy atom. The quantitative estimate of drug-likeness (QED) is 0.664. The van der Waals surface area contributed by atoms with Crippen LogP contribution >= 0.6 is 0 Å². The lowest BCUT2D eigenvalue weighted by Crippen LogP contribution is -2.51. The molecule has 1 aliphatic rings. The van der Waals surface area contributed by atoms with Gasteiger partial charge in [0.25, 0.3) is 0 Å². The van der Waals surface area contributed by atoms with Crippen LogP contribution in [0.1, 0.15) is 31.7 Å². The fourth-order valence-electron chi connectivity index (χ4n) is 3.07. The van der Waals surface area contributed by atoms with E-state index in [9.17, 15) is 9.59 Å². The fourth-order valence-corrected chi connectivity index (χ4v) is 3.07. The van der Waals surface area contributed by atoms with Crippen molar-refractivity contribution < 1.29 is 19.1 Å². The molecule has 1 unspecified atom stereocenters. The van der Waals surface area contributed by atoms with Crippen LogP contribution in [0.3, 0.4) is 0 Å². The van der Waals surface area contributed by atoms with Crippen molar-refractivity contribution in [1.29, 1.82) is 0 Å². The molecule has 1 heterocycles. The number of ether oxygens (including phenoxy) is 2. The second-order valence-electron chi connectivity index (χ2n) is 6.75. The third-order valence-corrected chi connectivity index (χ3v) is 4.55. The van der Waals surface area contributed by atoms with Crippen LogP contribution in [0.15, 0.2) is 24.3 Å². The van der Waals surface area contributed by atoms with Gasteiger partial charge in [0.1, 0.15) is 18.4 Å². The van der Waals surface area contributed by atoms with Gasteiger partial charge < -0.3 is 14.4 Å². The predicted octanol–water partition coefficient (Wildman–Crippen LogP) is 2.25. The van der Waals surface area contributed by atoms with E-state index < -0.39 is 6.04 Å². The second kappa shape index (κ2) is 10.2. The summed E-state index contributed by atoms with van der Waals surface area (Å²) < 4.78 is 10.8. The number of piperidine rings is 1. The van der Waals surface area contributed by atoms with Crippen LogP contribution in [0.4, 0.5) is 0 Å². The van der Waals surface area contributed by atoms with Gasteiger partial charge in [0, 0.05) is 13.1 Å². The Morgan fingerprint density at radius 3 is 2.65 bits per heavy atom. The molecule has 0 spiro atoms. The zero-order valence-electron chi connectivity index (χ0n) is 16.1. The first-order valence-electron chi connectivity index (χ1n) is 9.35. The van der Waals surface area contributed by atoms with Crippen LogP contribution in [-0.4, -0.2) is 67.6 Å². The molecule has 0 saturated carbocycles. The van der Waals surface area contributed by atoms with Gasteiger partial charge in [-0.05, 0) is 52.3 Å². The molecule has 1 saturated heterocycles. The molecule has 0 bridgehead atoms. The highest BCUT2D eigenvalue weighted by Gasteiger charge is 2.33. The monoisotopic (exact) mass is 362 g/mol. The number of aryl methyl sites for hydroxylation is 1. The third-order valence-electron chi connectivity index (χ3n) is 4.55. The fraction of sp³-hybridized carbons (Fsp3) is 0.600. The van der Waals surface area contributed by atoms with Crippen molar-refractivity contribution in [1.82, 2.24) is 9.80 Å². The van der Waals surface area contributed by atoms with E-state index in [1.807, 2.05) is 43.1 Å². The highest BCUT2D eigenvalue weighted by molar-refractivity contribution is 5.85. The van der Waals surface area contributed by atoms with Crippen LogP contribution in [0, 0.1) is 6.92 Å². The maximum atomic E-state index is 12.6. The lowest BCUT2D eigenvalue weighted by molar-refractivity contribution is -0.157. The minimum Gasteiger partial charge on any atom is -0.492 e. The minimum absolute atomic E-state index is 0.0272. The molecule has 0 N–H and O–H groups in total. The number of hydrogen-bond donors (Lipinski definition) is 0. The largest absolute Gasteiger partial charge is 0.492 e. The van der Waals surface area contributed by atoms with Crippen LogP contribution in [0.2, 0.25) is 0 Å². The van der Waals surface area contributed by atoms with E-state index in [2.05, 4.69) is 0 Å². The number of carbonyl (C=O) groups is 2. The number of likely N-dealkylation sites (tertiary alicyclic amines) is 1. The van der Waals surface area contributed by atoms with E-state index >= 15 is 0 Å². The summed E-state index contributed by atoms with van der Waals surface area (Å²) in [7, 11) is 1.89. The molecule has 1 aromatic rings.